The largest absolute Gasteiger partial charge is 0.496 e. The fourth-order valence-electron chi connectivity index (χ4n) is 1.49. The molecular weight excluding hydrogens is 208 g/mol. The minimum absolute atomic E-state index is 0.0265. The Bertz CT molecular complexity index is 397. The molecule has 0 fully saturated rings. The van der Waals surface area contributed by atoms with Gasteiger partial charge in [-0.05, 0) is 31.9 Å². The summed E-state index contributed by atoms with van der Waals surface area (Å²) in [6, 6.07) is 4.69. The Morgan fingerprint density at radius 2 is 2.06 bits per heavy atom. The molecule has 0 aliphatic rings. The van der Waals surface area contributed by atoms with E-state index in [1.165, 1.54) is 19.2 Å². The predicted molar refractivity (Wildman–Crippen MR) is 61.6 cm³/mol. The van der Waals surface area contributed by atoms with Crippen LogP contribution in [0.3, 0.4) is 0 Å². The molecule has 0 spiro atoms. The molecule has 0 amide bonds. The van der Waals surface area contributed by atoms with Gasteiger partial charge < -0.3 is 10.5 Å². The van der Waals surface area contributed by atoms with Crippen LogP contribution in [0.2, 0.25) is 0 Å². The van der Waals surface area contributed by atoms with Crippen molar-refractivity contribution in [3.63, 3.8) is 0 Å². The summed E-state index contributed by atoms with van der Waals surface area (Å²) in [6.07, 6.45) is 0.561. The average molecular weight is 224 g/mol. The molecule has 0 atom stereocenters. The van der Waals surface area contributed by atoms with Crippen LogP contribution in [0.5, 0.6) is 5.75 Å². The van der Waals surface area contributed by atoms with Crippen LogP contribution in [-0.4, -0.2) is 17.6 Å². The first-order valence-corrected chi connectivity index (χ1v) is 4.93. The minimum Gasteiger partial charge on any atom is -0.496 e. The molecular formula is C11H16N2O3. The van der Waals surface area contributed by atoms with Gasteiger partial charge in [-0.25, -0.2) is 0 Å². The standard InChI is InChI=1S/C11H16N2O3/c1-11(2,12)7-8-4-9(13(14)15)6-10(5-8)16-3/h4-6H,7,12H2,1-3H3. The summed E-state index contributed by atoms with van der Waals surface area (Å²) in [5.74, 6) is 0.480. The Balaban J connectivity index is 3.09. The number of nitro benzene ring substituents is 1. The van der Waals surface area contributed by atoms with E-state index in [1.807, 2.05) is 13.8 Å². The number of nitrogens with zero attached hydrogens (tertiary/aromatic N) is 1. The van der Waals surface area contributed by atoms with E-state index < -0.39 is 10.5 Å². The van der Waals surface area contributed by atoms with Crippen LogP contribution in [0.1, 0.15) is 19.4 Å². The molecule has 0 aliphatic carbocycles. The van der Waals surface area contributed by atoms with Gasteiger partial charge in [-0.3, -0.25) is 10.1 Å². The summed E-state index contributed by atoms with van der Waals surface area (Å²) in [6.45, 7) is 3.75. The van der Waals surface area contributed by atoms with Gasteiger partial charge in [0.1, 0.15) is 5.75 Å². The average Bonchev–Trinajstić information content (AvgIpc) is 2.14. The summed E-state index contributed by atoms with van der Waals surface area (Å²) in [7, 11) is 1.48. The topological polar surface area (TPSA) is 78.4 Å². The predicted octanol–water partition coefficient (Wildman–Crippen LogP) is 1.88. The molecule has 16 heavy (non-hydrogen) atoms. The number of hydrogen-bond acceptors (Lipinski definition) is 4. The first-order chi connectivity index (χ1) is 7.31. The quantitative estimate of drug-likeness (QED) is 0.625. The van der Waals surface area contributed by atoms with Crippen molar-refractivity contribution in [3.05, 3.63) is 33.9 Å². The highest BCUT2D eigenvalue weighted by atomic mass is 16.6. The van der Waals surface area contributed by atoms with E-state index in [2.05, 4.69) is 0 Å². The zero-order valence-corrected chi connectivity index (χ0v) is 9.69. The Kier molecular flexibility index (Phi) is 3.49. The van der Waals surface area contributed by atoms with E-state index in [-0.39, 0.29) is 5.69 Å². The molecule has 0 unspecified atom stereocenters. The van der Waals surface area contributed by atoms with E-state index in [9.17, 15) is 10.1 Å². The maximum atomic E-state index is 10.7. The van der Waals surface area contributed by atoms with E-state index >= 15 is 0 Å². The number of methoxy groups -OCH3 is 1. The lowest BCUT2D eigenvalue weighted by atomic mass is 9.96. The van der Waals surface area contributed by atoms with Crippen molar-refractivity contribution in [1.29, 1.82) is 0 Å². The number of nitro groups is 1. The van der Waals surface area contributed by atoms with Crippen LogP contribution < -0.4 is 10.5 Å². The molecule has 5 nitrogen and oxygen atoms in total. The number of non-ortho nitro benzene ring substituents is 1. The van der Waals surface area contributed by atoms with Crippen LogP contribution >= 0.6 is 0 Å². The monoisotopic (exact) mass is 224 g/mol. The lowest BCUT2D eigenvalue weighted by molar-refractivity contribution is -0.385. The molecule has 5 heteroatoms. The molecule has 88 valence electrons. The second kappa shape index (κ2) is 4.49. The number of benzene rings is 1. The van der Waals surface area contributed by atoms with Gasteiger partial charge in [-0.1, -0.05) is 0 Å². The molecule has 0 aromatic heterocycles. The van der Waals surface area contributed by atoms with Crippen molar-refractivity contribution in [2.45, 2.75) is 25.8 Å². The van der Waals surface area contributed by atoms with Gasteiger partial charge in [0.15, 0.2) is 0 Å². The van der Waals surface area contributed by atoms with Crippen LogP contribution in [0.15, 0.2) is 18.2 Å². The van der Waals surface area contributed by atoms with Crippen molar-refractivity contribution in [3.8, 4) is 5.75 Å². The fourth-order valence-corrected chi connectivity index (χ4v) is 1.49. The molecule has 0 saturated carbocycles. The van der Waals surface area contributed by atoms with E-state index in [0.717, 1.165) is 5.56 Å². The molecule has 1 aromatic rings. The molecule has 1 rings (SSSR count). The maximum Gasteiger partial charge on any atom is 0.273 e. The normalized spacial score (nSPS) is 11.2. The Morgan fingerprint density at radius 1 is 1.44 bits per heavy atom. The first-order valence-electron chi connectivity index (χ1n) is 4.93. The number of ether oxygens (including phenoxy) is 1. The molecule has 0 bridgehead atoms. The van der Waals surface area contributed by atoms with Crippen molar-refractivity contribution >= 4 is 5.69 Å². The van der Waals surface area contributed by atoms with Crippen molar-refractivity contribution in [2.24, 2.45) is 5.73 Å². The Morgan fingerprint density at radius 3 is 2.50 bits per heavy atom. The minimum atomic E-state index is -0.435. The van der Waals surface area contributed by atoms with Crippen LogP contribution in [0.4, 0.5) is 5.69 Å². The molecule has 0 heterocycles. The third kappa shape index (κ3) is 3.51. The van der Waals surface area contributed by atoms with Gasteiger partial charge in [-0.15, -0.1) is 0 Å². The van der Waals surface area contributed by atoms with Crippen molar-refractivity contribution in [2.75, 3.05) is 7.11 Å². The third-order valence-corrected chi connectivity index (χ3v) is 2.06. The van der Waals surface area contributed by atoms with Gasteiger partial charge in [0.25, 0.3) is 5.69 Å². The van der Waals surface area contributed by atoms with Gasteiger partial charge in [0.2, 0.25) is 0 Å². The molecule has 0 saturated heterocycles. The summed E-state index contributed by atoms with van der Waals surface area (Å²) >= 11 is 0. The Hall–Kier alpha value is -1.62. The number of nitrogens with two attached hydrogens (primary N) is 1. The summed E-state index contributed by atoms with van der Waals surface area (Å²) in [4.78, 5) is 10.3. The highest BCUT2D eigenvalue weighted by Crippen LogP contribution is 2.24. The maximum absolute atomic E-state index is 10.7. The van der Waals surface area contributed by atoms with Crippen LogP contribution in [0, 0.1) is 10.1 Å². The lowest BCUT2D eigenvalue weighted by Crippen LogP contribution is -2.34. The van der Waals surface area contributed by atoms with E-state index in [0.29, 0.717) is 12.2 Å². The van der Waals surface area contributed by atoms with Gasteiger partial charge >= 0.3 is 0 Å². The lowest BCUT2D eigenvalue weighted by Gasteiger charge is -2.18. The van der Waals surface area contributed by atoms with Crippen LogP contribution in [-0.2, 0) is 6.42 Å². The highest BCUT2D eigenvalue weighted by Gasteiger charge is 2.16. The number of rotatable bonds is 4. The number of hydrogen-bond donors (Lipinski definition) is 1. The fraction of sp³-hybridized carbons (Fsp3) is 0.455. The Labute approximate surface area is 94.4 Å². The molecule has 0 aliphatic heterocycles. The zero-order valence-electron chi connectivity index (χ0n) is 9.69. The summed E-state index contributed by atoms with van der Waals surface area (Å²) < 4.78 is 5.01. The summed E-state index contributed by atoms with van der Waals surface area (Å²) in [5, 5.41) is 10.7. The first kappa shape index (κ1) is 12.4. The second-order valence-electron chi connectivity index (χ2n) is 4.46. The van der Waals surface area contributed by atoms with Gasteiger partial charge in [0, 0.05) is 11.6 Å². The zero-order chi connectivity index (χ0) is 12.3. The molecule has 1 aromatic carbocycles. The van der Waals surface area contributed by atoms with Crippen molar-refractivity contribution in [1.82, 2.24) is 0 Å². The third-order valence-electron chi connectivity index (χ3n) is 2.06. The van der Waals surface area contributed by atoms with Crippen molar-refractivity contribution < 1.29 is 9.66 Å². The smallest absolute Gasteiger partial charge is 0.273 e. The van der Waals surface area contributed by atoms with Crippen LogP contribution in [0.25, 0.3) is 0 Å². The van der Waals surface area contributed by atoms with E-state index in [4.69, 9.17) is 10.5 Å². The molecule has 0 radical (unpaired) electrons. The molecule has 2 N–H and O–H groups in total. The highest BCUT2D eigenvalue weighted by molar-refractivity contribution is 5.43. The van der Waals surface area contributed by atoms with Gasteiger partial charge in [-0.2, -0.15) is 0 Å². The van der Waals surface area contributed by atoms with Gasteiger partial charge in [0.05, 0.1) is 18.1 Å². The SMILES string of the molecule is COc1cc(CC(C)(C)N)cc([N+](=O)[O-])c1. The van der Waals surface area contributed by atoms with E-state index in [1.54, 1.807) is 6.07 Å². The second-order valence-corrected chi connectivity index (χ2v) is 4.46. The summed E-state index contributed by atoms with van der Waals surface area (Å²) in [5.41, 5.74) is 6.30.